The zero-order chi connectivity index (χ0) is 19.1. The molecular formula is C19H26N2O5. The molecule has 0 saturated heterocycles. The molecule has 0 radical (unpaired) electrons. The van der Waals surface area contributed by atoms with E-state index in [1.54, 1.807) is 6.07 Å². The van der Waals surface area contributed by atoms with Crippen LogP contribution in [0.15, 0.2) is 24.3 Å². The summed E-state index contributed by atoms with van der Waals surface area (Å²) in [5.74, 6) is -0.387. The van der Waals surface area contributed by atoms with Gasteiger partial charge in [-0.05, 0) is 30.4 Å². The standard InChI is InChI=1S/C19H26N2O5/c1-13(2)15-6-4-5-7-16(15)25-12-19(24)26-11-18(23)21(3)10-17(22)20-14-8-9-14/h4-7,13-14H,8-12H2,1-3H3,(H,20,22). The Morgan fingerprint density at radius 1 is 1.19 bits per heavy atom. The molecule has 1 aliphatic carbocycles. The molecule has 1 saturated carbocycles. The number of amides is 2. The van der Waals surface area contributed by atoms with Gasteiger partial charge in [0.05, 0.1) is 6.54 Å². The zero-order valence-electron chi connectivity index (χ0n) is 15.5. The van der Waals surface area contributed by atoms with Gasteiger partial charge in [0.15, 0.2) is 13.2 Å². The van der Waals surface area contributed by atoms with Gasteiger partial charge in [-0.2, -0.15) is 0 Å². The van der Waals surface area contributed by atoms with Crippen LogP contribution >= 0.6 is 0 Å². The van der Waals surface area contributed by atoms with Gasteiger partial charge in [0, 0.05) is 13.1 Å². The maximum Gasteiger partial charge on any atom is 0.344 e. The van der Waals surface area contributed by atoms with E-state index in [1.807, 2.05) is 32.0 Å². The number of esters is 1. The van der Waals surface area contributed by atoms with E-state index < -0.39 is 18.5 Å². The van der Waals surface area contributed by atoms with Crippen molar-refractivity contribution in [3.8, 4) is 5.75 Å². The van der Waals surface area contributed by atoms with Crippen molar-refractivity contribution in [3.05, 3.63) is 29.8 Å². The van der Waals surface area contributed by atoms with Crippen LogP contribution < -0.4 is 10.1 Å². The van der Waals surface area contributed by atoms with E-state index >= 15 is 0 Å². The van der Waals surface area contributed by atoms with Gasteiger partial charge in [0.25, 0.3) is 5.91 Å². The Morgan fingerprint density at radius 3 is 2.54 bits per heavy atom. The summed E-state index contributed by atoms with van der Waals surface area (Å²) in [4.78, 5) is 36.6. The lowest BCUT2D eigenvalue weighted by molar-refractivity contribution is -0.153. The van der Waals surface area contributed by atoms with E-state index in [4.69, 9.17) is 9.47 Å². The Kier molecular flexibility index (Phi) is 7.00. The third-order valence-electron chi connectivity index (χ3n) is 3.99. The van der Waals surface area contributed by atoms with E-state index in [0.717, 1.165) is 18.4 Å². The summed E-state index contributed by atoms with van der Waals surface area (Å²) >= 11 is 0. The third-order valence-corrected chi connectivity index (χ3v) is 3.99. The SMILES string of the molecule is CC(C)c1ccccc1OCC(=O)OCC(=O)N(C)CC(=O)NC1CC1. The monoisotopic (exact) mass is 362 g/mol. The van der Waals surface area contributed by atoms with Gasteiger partial charge in [0.1, 0.15) is 5.75 Å². The molecular weight excluding hydrogens is 336 g/mol. The first-order valence-electron chi connectivity index (χ1n) is 8.77. The number of hydrogen-bond donors (Lipinski definition) is 1. The Morgan fingerprint density at radius 2 is 1.88 bits per heavy atom. The van der Waals surface area contributed by atoms with Crippen molar-refractivity contribution in [3.63, 3.8) is 0 Å². The van der Waals surface area contributed by atoms with Crippen molar-refractivity contribution in [1.29, 1.82) is 0 Å². The van der Waals surface area contributed by atoms with Gasteiger partial charge in [-0.15, -0.1) is 0 Å². The normalized spacial score (nSPS) is 13.2. The smallest absolute Gasteiger partial charge is 0.344 e. The second kappa shape index (κ2) is 9.22. The molecule has 1 aliphatic rings. The molecule has 2 amide bonds. The number of benzene rings is 1. The topological polar surface area (TPSA) is 84.9 Å². The Bertz CT molecular complexity index is 655. The van der Waals surface area contributed by atoms with Gasteiger partial charge in [0.2, 0.25) is 5.91 Å². The quantitative estimate of drug-likeness (QED) is 0.673. The maximum atomic E-state index is 11.9. The largest absolute Gasteiger partial charge is 0.482 e. The minimum absolute atomic E-state index is 0.0504. The molecule has 1 N–H and O–H groups in total. The number of carbonyl (C=O) groups excluding carboxylic acids is 3. The van der Waals surface area contributed by atoms with Crippen LogP contribution in [0.25, 0.3) is 0 Å². The number of nitrogens with one attached hydrogen (secondary N) is 1. The highest BCUT2D eigenvalue weighted by Crippen LogP contribution is 2.25. The van der Waals surface area contributed by atoms with Crippen molar-refractivity contribution in [2.24, 2.45) is 0 Å². The van der Waals surface area contributed by atoms with Crippen LogP contribution in [0.3, 0.4) is 0 Å². The summed E-state index contributed by atoms with van der Waals surface area (Å²) in [6.07, 6.45) is 1.97. The number of rotatable bonds is 9. The summed E-state index contributed by atoms with van der Waals surface area (Å²) in [7, 11) is 1.50. The average molecular weight is 362 g/mol. The van der Waals surface area contributed by atoms with Crippen LogP contribution in [0.5, 0.6) is 5.75 Å². The predicted molar refractivity (Wildman–Crippen MR) is 95.8 cm³/mol. The fourth-order valence-corrected chi connectivity index (χ4v) is 2.32. The van der Waals surface area contributed by atoms with Crippen molar-refractivity contribution < 1.29 is 23.9 Å². The molecule has 2 rings (SSSR count). The third kappa shape index (κ3) is 6.38. The Hall–Kier alpha value is -2.57. The van der Waals surface area contributed by atoms with Gasteiger partial charge in [-0.25, -0.2) is 4.79 Å². The predicted octanol–water partition coefficient (Wildman–Crippen LogP) is 1.47. The summed E-state index contributed by atoms with van der Waals surface area (Å²) in [6.45, 7) is 3.33. The van der Waals surface area contributed by atoms with Crippen molar-refractivity contribution in [2.45, 2.75) is 38.6 Å². The van der Waals surface area contributed by atoms with Crippen LogP contribution in [0, 0.1) is 0 Å². The molecule has 0 bridgehead atoms. The Labute approximate surface area is 153 Å². The summed E-state index contributed by atoms with van der Waals surface area (Å²) in [6, 6.07) is 7.72. The van der Waals surface area contributed by atoms with Gasteiger partial charge in [-0.3, -0.25) is 9.59 Å². The molecule has 0 aromatic heterocycles. The fraction of sp³-hybridized carbons (Fsp3) is 0.526. The number of para-hydroxylation sites is 1. The molecule has 0 atom stereocenters. The van der Waals surface area contributed by atoms with E-state index in [-0.39, 0.29) is 31.0 Å². The average Bonchev–Trinajstić information content (AvgIpc) is 3.41. The Balaban J connectivity index is 1.70. The first kappa shape index (κ1) is 19.8. The highest BCUT2D eigenvalue weighted by atomic mass is 16.6. The molecule has 1 aromatic rings. The lowest BCUT2D eigenvalue weighted by atomic mass is 10.0. The summed E-state index contributed by atoms with van der Waals surface area (Å²) in [5.41, 5.74) is 0.998. The number of hydrogen-bond acceptors (Lipinski definition) is 5. The molecule has 142 valence electrons. The first-order valence-corrected chi connectivity index (χ1v) is 8.77. The van der Waals surface area contributed by atoms with Crippen LogP contribution in [0.2, 0.25) is 0 Å². The number of ether oxygens (including phenoxy) is 2. The van der Waals surface area contributed by atoms with Crippen LogP contribution in [0.1, 0.15) is 38.2 Å². The van der Waals surface area contributed by atoms with Crippen LogP contribution in [-0.4, -0.2) is 55.5 Å². The van der Waals surface area contributed by atoms with E-state index in [2.05, 4.69) is 5.32 Å². The molecule has 7 nitrogen and oxygen atoms in total. The molecule has 0 heterocycles. The lowest BCUT2D eigenvalue weighted by Gasteiger charge is -2.17. The van der Waals surface area contributed by atoms with Crippen LogP contribution in [-0.2, 0) is 19.1 Å². The number of nitrogens with zero attached hydrogens (tertiary/aromatic N) is 1. The zero-order valence-corrected chi connectivity index (χ0v) is 15.5. The molecule has 0 unspecified atom stereocenters. The molecule has 1 fully saturated rings. The lowest BCUT2D eigenvalue weighted by Crippen LogP contribution is -2.40. The summed E-state index contributed by atoms with van der Waals surface area (Å²) < 4.78 is 10.4. The minimum atomic E-state index is -0.632. The molecule has 0 aliphatic heterocycles. The van der Waals surface area contributed by atoms with Crippen molar-refractivity contribution in [1.82, 2.24) is 10.2 Å². The van der Waals surface area contributed by atoms with Crippen molar-refractivity contribution in [2.75, 3.05) is 26.8 Å². The highest BCUT2D eigenvalue weighted by molar-refractivity contribution is 5.86. The summed E-state index contributed by atoms with van der Waals surface area (Å²) in [5, 5.41) is 2.80. The van der Waals surface area contributed by atoms with E-state index in [9.17, 15) is 14.4 Å². The number of carbonyl (C=O) groups is 3. The highest BCUT2D eigenvalue weighted by Gasteiger charge is 2.24. The van der Waals surface area contributed by atoms with Crippen molar-refractivity contribution >= 4 is 17.8 Å². The van der Waals surface area contributed by atoms with Gasteiger partial charge < -0.3 is 19.7 Å². The molecule has 0 spiro atoms. The van der Waals surface area contributed by atoms with Crippen LogP contribution in [0.4, 0.5) is 0 Å². The minimum Gasteiger partial charge on any atom is -0.482 e. The maximum absolute atomic E-state index is 11.9. The van der Waals surface area contributed by atoms with Gasteiger partial charge in [-0.1, -0.05) is 32.0 Å². The second-order valence-corrected chi connectivity index (χ2v) is 6.73. The molecule has 1 aromatic carbocycles. The molecule has 7 heteroatoms. The first-order chi connectivity index (χ1) is 12.4. The second-order valence-electron chi connectivity index (χ2n) is 6.73. The fourth-order valence-electron chi connectivity index (χ4n) is 2.32. The van der Waals surface area contributed by atoms with E-state index in [1.165, 1.54) is 11.9 Å². The van der Waals surface area contributed by atoms with Gasteiger partial charge >= 0.3 is 5.97 Å². The molecule has 26 heavy (non-hydrogen) atoms. The van der Waals surface area contributed by atoms with E-state index in [0.29, 0.717) is 5.75 Å². The number of likely N-dealkylation sites (N-methyl/N-ethyl adjacent to an activating group) is 1.